The third-order valence-electron chi connectivity index (χ3n) is 5.45. The molecule has 0 radical (unpaired) electrons. The van der Waals surface area contributed by atoms with Crippen LogP contribution in [0.15, 0.2) is 0 Å². The number of esters is 1. The largest absolute Gasteiger partial charge is 0.467 e. The molecule has 0 N–H and O–H groups in total. The van der Waals surface area contributed by atoms with Gasteiger partial charge in [0.05, 0.1) is 7.11 Å². The van der Waals surface area contributed by atoms with Crippen LogP contribution in [0, 0.1) is 5.92 Å². The number of carbonyl (C=O) groups is 3. The first-order valence-corrected chi connectivity index (χ1v) is 10.9. The predicted molar refractivity (Wildman–Crippen MR) is 112 cm³/mol. The van der Waals surface area contributed by atoms with Crippen LogP contribution in [-0.2, 0) is 19.0 Å². The number of carbonyl (C=O) groups excluding carboxylic acids is 3. The Hall–Kier alpha value is -1.99. The summed E-state index contributed by atoms with van der Waals surface area (Å²) in [5.74, 6) is -0.0295. The summed E-state index contributed by atoms with van der Waals surface area (Å²) in [5.41, 5.74) is -1.14. The van der Waals surface area contributed by atoms with Crippen LogP contribution in [-0.4, -0.2) is 71.4 Å². The Morgan fingerprint density at radius 3 is 1.87 bits per heavy atom. The van der Waals surface area contributed by atoms with Crippen LogP contribution in [0.25, 0.3) is 0 Å². The second-order valence-corrected chi connectivity index (χ2v) is 10.3. The third kappa shape index (κ3) is 6.77. The highest BCUT2D eigenvalue weighted by Crippen LogP contribution is 2.34. The average Bonchev–Trinajstić information content (AvgIpc) is 3.02. The monoisotopic (exact) mass is 426 g/mol. The van der Waals surface area contributed by atoms with E-state index < -0.39 is 29.3 Å². The summed E-state index contributed by atoms with van der Waals surface area (Å²) in [4.78, 5) is 40.7. The molecule has 2 amide bonds. The van der Waals surface area contributed by atoms with Gasteiger partial charge in [0.2, 0.25) is 0 Å². The molecule has 0 aromatic rings. The quantitative estimate of drug-likeness (QED) is 0.501. The Balaban J connectivity index is 1.98. The predicted octanol–water partition coefficient (Wildman–Crippen LogP) is 3.96. The third-order valence-corrected chi connectivity index (χ3v) is 5.45. The van der Waals surface area contributed by atoms with E-state index >= 15 is 0 Å². The van der Waals surface area contributed by atoms with Crippen LogP contribution >= 0.6 is 0 Å². The molecule has 30 heavy (non-hydrogen) atoms. The fraction of sp³-hybridized carbons (Fsp3) is 0.864. The van der Waals surface area contributed by atoms with Crippen molar-refractivity contribution in [3.8, 4) is 0 Å². The second-order valence-electron chi connectivity index (χ2n) is 10.3. The number of rotatable bonds is 3. The standard InChI is InChI=1S/C22H38N2O6/c1-21(2,3)29-19(26)23-12-10-15(11-13-23)14-16-8-9-17(18(25)28-7)24(16)20(27)30-22(4,5)6/h15-17H,8-14H2,1-7H3/t16-,17+/m0/s1. The van der Waals surface area contributed by atoms with Gasteiger partial charge in [-0.25, -0.2) is 14.4 Å². The lowest BCUT2D eigenvalue weighted by atomic mass is 9.89. The Labute approximate surface area is 180 Å². The fourth-order valence-corrected chi connectivity index (χ4v) is 4.14. The first kappa shape index (κ1) is 24.3. The fourth-order valence-electron chi connectivity index (χ4n) is 4.14. The minimum atomic E-state index is -0.635. The first-order valence-electron chi connectivity index (χ1n) is 10.9. The highest BCUT2D eigenvalue weighted by molar-refractivity contribution is 5.82. The molecule has 172 valence electrons. The van der Waals surface area contributed by atoms with Crippen LogP contribution in [0.3, 0.4) is 0 Å². The smallest absolute Gasteiger partial charge is 0.411 e. The van der Waals surface area contributed by atoms with Crippen molar-refractivity contribution in [2.24, 2.45) is 5.92 Å². The van der Waals surface area contributed by atoms with Crippen LogP contribution < -0.4 is 0 Å². The van der Waals surface area contributed by atoms with Crippen molar-refractivity contribution in [3.63, 3.8) is 0 Å². The lowest BCUT2D eigenvalue weighted by Crippen LogP contribution is -2.48. The zero-order valence-corrected chi connectivity index (χ0v) is 19.5. The van der Waals surface area contributed by atoms with Gasteiger partial charge in [0, 0.05) is 19.1 Å². The number of ether oxygens (including phenoxy) is 3. The van der Waals surface area contributed by atoms with Crippen molar-refractivity contribution in [1.29, 1.82) is 0 Å². The number of piperidine rings is 1. The molecule has 2 rings (SSSR count). The van der Waals surface area contributed by atoms with E-state index in [2.05, 4.69) is 0 Å². The van der Waals surface area contributed by atoms with Crippen LogP contribution in [0.4, 0.5) is 9.59 Å². The average molecular weight is 427 g/mol. The topological polar surface area (TPSA) is 85.4 Å². The molecule has 2 fully saturated rings. The molecule has 2 aliphatic rings. The van der Waals surface area contributed by atoms with Gasteiger partial charge in [-0.3, -0.25) is 4.90 Å². The molecular formula is C22H38N2O6. The molecule has 0 unspecified atom stereocenters. The molecule has 0 aromatic carbocycles. The minimum absolute atomic E-state index is 0.0676. The Bertz CT molecular complexity index is 629. The number of methoxy groups -OCH3 is 1. The van der Waals surface area contributed by atoms with E-state index in [9.17, 15) is 14.4 Å². The lowest BCUT2D eigenvalue weighted by molar-refractivity contribution is -0.146. The maximum absolute atomic E-state index is 12.8. The zero-order valence-electron chi connectivity index (χ0n) is 19.5. The maximum atomic E-state index is 12.8. The highest BCUT2D eigenvalue weighted by atomic mass is 16.6. The molecule has 0 saturated carbocycles. The molecular weight excluding hydrogens is 388 g/mol. The zero-order chi connectivity index (χ0) is 22.7. The molecule has 2 aliphatic heterocycles. The van der Waals surface area contributed by atoms with E-state index in [-0.39, 0.29) is 12.1 Å². The summed E-state index contributed by atoms with van der Waals surface area (Å²) in [6.07, 6.45) is 3.06. The summed E-state index contributed by atoms with van der Waals surface area (Å²) in [5, 5.41) is 0. The van der Waals surface area contributed by atoms with Crippen molar-refractivity contribution in [2.45, 2.75) is 96.9 Å². The van der Waals surface area contributed by atoms with E-state index in [0.29, 0.717) is 25.4 Å². The number of hydrogen-bond donors (Lipinski definition) is 0. The van der Waals surface area contributed by atoms with Crippen LogP contribution in [0.5, 0.6) is 0 Å². The molecule has 0 aromatic heterocycles. The molecule has 8 heteroatoms. The maximum Gasteiger partial charge on any atom is 0.411 e. The summed E-state index contributed by atoms with van der Waals surface area (Å²) < 4.78 is 15.9. The van der Waals surface area contributed by atoms with E-state index in [0.717, 1.165) is 25.7 Å². The van der Waals surface area contributed by atoms with Gasteiger partial charge in [0.15, 0.2) is 0 Å². The Morgan fingerprint density at radius 2 is 1.37 bits per heavy atom. The van der Waals surface area contributed by atoms with Crippen molar-refractivity contribution < 1.29 is 28.6 Å². The van der Waals surface area contributed by atoms with Gasteiger partial charge in [-0.2, -0.15) is 0 Å². The van der Waals surface area contributed by atoms with Crippen molar-refractivity contribution in [1.82, 2.24) is 9.80 Å². The van der Waals surface area contributed by atoms with E-state index in [1.54, 1.807) is 9.80 Å². The van der Waals surface area contributed by atoms with E-state index in [1.807, 2.05) is 41.5 Å². The number of hydrogen-bond acceptors (Lipinski definition) is 6. The second kappa shape index (κ2) is 9.43. The Kier molecular flexibility index (Phi) is 7.64. The number of amides is 2. The normalized spacial score (nSPS) is 23.3. The SMILES string of the molecule is COC(=O)[C@H]1CC[C@@H](CC2CCN(C(=O)OC(C)(C)C)CC2)N1C(=O)OC(C)(C)C. The van der Waals surface area contributed by atoms with Gasteiger partial charge in [-0.05, 0) is 79.6 Å². The van der Waals surface area contributed by atoms with E-state index in [4.69, 9.17) is 14.2 Å². The van der Waals surface area contributed by atoms with Crippen LogP contribution in [0.2, 0.25) is 0 Å². The van der Waals surface area contributed by atoms with Crippen molar-refractivity contribution in [3.05, 3.63) is 0 Å². The molecule has 0 spiro atoms. The molecule has 0 bridgehead atoms. The van der Waals surface area contributed by atoms with Crippen molar-refractivity contribution >= 4 is 18.2 Å². The highest BCUT2D eigenvalue weighted by Gasteiger charge is 2.44. The minimum Gasteiger partial charge on any atom is -0.467 e. The molecule has 0 aliphatic carbocycles. The van der Waals surface area contributed by atoms with Gasteiger partial charge in [-0.15, -0.1) is 0 Å². The van der Waals surface area contributed by atoms with Crippen molar-refractivity contribution in [2.75, 3.05) is 20.2 Å². The van der Waals surface area contributed by atoms with Gasteiger partial charge < -0.3 is 19.1 Å². The van der Waals surface area contributed by atoms with E-state index in [1.165, 1.54) is 7.11 Å². The lowest BCUT2D eigenvalue weighted by Gasteiger charge is -2.36. The van der Waals surface area contributed by atoms with Gasteiger partial charge in [0.1, 0.15) is 17.2 Å². The molecule has 8 nitrogen and oxygen atoms in total. The van der Waals surface area contributed by atoms with Gasteiger partial charge >= 0.3 is 18.2 Å². The van der Waals surface area contributed by atoms with Crippen LogP contribution in [0.1, 0.15) is 73.6 Å². The molecule has 2 atom stereocenters. The summed E-state index contributed by atoms with van der Waals surface area (Å²) >= 11 is 0. The summed E-state index contributed by atoms with van der Waals surface area (Å²) in [7, 11) is 1.34. The number of likely N-dealkylation sites (tertiary alicyclic amines) is 2. The molecule has 2 saturated heterocycles. The molecule has 2 heterocycles. The first-order chi connectivity index (χ1) is 13.8. The summed E-state index contributed by atoms with van der Waals surface area (Å²) in [6, 6.07) is -0.668. The van der Waals surface area contributed by atoms with Gasteiger partial charge in [-0.1, -0.05) is 0 Å². The van der Waals surface area contributed by atoms with Gasteiger partial charge in [0.25, 0.3) is 0 Å². The Morgan fingerprint density at radius 1 is 0.833 bits per heavy atom. The summed E-state index contributed by atoms with van der Waals surface area (Å²) in [6.45, 7) is 12.3. The number of nitrogens with zero attached hydrogens (tertiary/aromatic N) is 2.